The van der Waals surface area contributed by atoms with Crippen molar-refractivity contribution < 1.29 is 31.9 Å². The van der Waals surface area contributed by atoms with Gasteiger partial charge in [0.2, 0.25) is 0 Å². The smallest absolute Gasteiger partial charge is 0.432 e. The maximum absolute atomic E-state index is 13.1. The molecule has 9 heteroatoms. The largest absolute Gasteiger partial charge is 0.462 e. The number of hydrogen-bond donors (Lipinski definition) is 1. The van der Waals surface area contributed by atoms with Crippen molar-refractivity contribution in [3.63, 3.8) is 0 Å². The Bertz CT molecular complexity index is 788. The van der Waals surface area contributed by atoms with Crippen molar-refractivity contribution in [2.75, 3.05) is 6.54 Å². The molecular formula is C17H15ClF3NO4. The fourth-order valence-corrected chi connectivity index (χ4v) is 2.31. The number of ether oxygens (including phenoxy) is 1. The standard InChI is InChI=1S/C17H15ClF3NO4/c1-10-6-7-13(25-10)15(17(19,20)21)26-14(23)8-9-22-16(24)11-4-2-3-5-12(11)18/h2-7,15H,8-9H2,1H3,(H,22,24)/t15-/m1/s1. The van der Waals surface area contributed by atoms with Gasteiger partial charge in [0.05, 0.1) is 17.0 Å². The van der Waals surface area contributed by atoms with Crippen LogP contribution in [0.4, 0.5) is 13.2 Å². The molecule has 0 aliphatic heterocycles. The fourth-order valence-electron chi connectivity index (χ4n) is 2.09. The molecule has 0 aliphatic rings. The number of furan rings is 1. The first-order valence-corrected chi connectivity index (χ1v) is 7.91. The number of nitrogens with one attached hydrogen (secondary N) is 1. The molecule has 5 nitrogen and oxygen atoms in total. The number of aryl methyl sites for hydroxylation is 1. The molecule has 2 rings (SSSR count). The van der Waals surface area contributed by atoms with Crippen LogP contribution >= 0.6 is 11.6 Å². The number of alkyl halides is 3. The first-order valence-electron chi connectivity index (χ1n) is 7.53. The third kappa shape index (κ3) is 5.26. The highest BCUT2D eigenvalue weighted by atomic mass is 35.5. The number of carbonyl (C=O) groups is 2. The number of hydrogen-bond acceptors (Lipinski definition) is 4. The summed E-state index contributed by atoms with van der Waals surface area (Å²) in [5.41, 5.74) is 0.196. The highest BCUT2D eigenvalue weighted by Gasteiger charge is 2.46. The van der Waals surface area contributed by atoms with Crippen LogP contribution in [0.5, 0.6) is 0 Å². The van der Waals surface area contributed by atoms with Crippen LogP contribution in [0.3, 0.4) is 0 Å². The van der Waals surface area contributed by atoms with Crippen molar-refractivity contribution in [3.8, 4) is 0 Å². The minimum atomic E-state index is -4.82. The Morgan fingerprint density at radius 1 is 1.23 bits per heavy atom. The van der Waals surface area contributed by atoms with E-state index in [9.17, 15) is 22.8 Å². The molecule has 1 aromatic carbocycles. The summed E-state index contributed by atoms with van der Waals surface area (Å²) in [6.45, 7) is 1.27. The first-order chi connectivity index (χ1) is 12.2. The number of benzene rings is 1. The summed E-state index contributed by atoms with van der Waals surface area (Å²) in [5, 5.41) is 2.62. The van der Waals surface area contributed by atoms with Crippen molar-refractivity contribution in [2.45, 2.75) is 25.6 Å². The Balaban J connectivity index is 1.90. The molecule has 0 fully saturated rings. The molecule has 1 atom stereocenters. The third-order valence-corrected chi connectivity index (χ3v) is 3.63. The summed E-state index contributed by atoms with van der Waals surface area (Å²) in [6.07, 6.45) is -7.76. The summed E-state index contributed by atoms with van der Waals surface area (Å²) in [6, 6.07) is 8.68. The molecule has 26 heavy (non-hydrogen) atoms. The van der Waals surface area contributed by atoms with E-state index in [4.69, 9.17) is 16.0 Å². The SMILES string of the molecule is Cc1ccc([C@@H](OC(=O)CCNC(=O)c2ccccc2Cl)C(F)(F)F)o1. The quantitative estimate of drug-likeness (QED) is 0.751. The van der Waals surface area contributed by atoms with Gasteiger partial charge in [0.15, 0.2) is 5.76 Å². The van der Waals surface area contributed by atoms with E-state index in [0.717, 1.165) is 6.07 Å². The molecule has 0 saturated carbocycles. The van der Waals surface area contributed by atoms with Gasteiger partial charge in [0.1, 0.15) is 5.76 Å². The second kappa shape index (κ2) is 8.27. The molecule has 1 heterocycles. The van der Waals surface area contributed by atoms with Crippen molar-refractivity contribution in [1.29, 1.82) is 0 Å². The lowest BCUT2D eigenvalue weighted by atomic mass is 10.2. The van der Waals surface area contributed by atoms with Gasteiger partial charge in [-0.15, -0.1) is 0 Å². The van der Waals surface area contributed by atoms with Crippen molar-refractivity contribution in [3.05, 3.63) is 58.5 Å². The van der Waals surface area contributed by atoms with Gasteiger partial charge in [-0.25, -0.2) is 0 Å². The average molecular weight is 390 g/mol. The van der Waals surface area contributed by atoms with Crippen LogP contribution in [-0.4, -0.2) is 24.6 Å². The van der Waals surface area contributed by atoms with E-state index in [-0.39, 0.29) is 22.9 Å². The molecule has 1 aromatic heterocycles. The van der Waals surface area contributed by atoms with Gasteiger partial charge in [0, 0.05) is 6.54 Å². The molecule has 0 spiro atoms. The number of carbonyl (C=O) groups excluding carboxylic acids is 2. The highest BCUT2D eigenvalue weighted by molar-refractivity contribution is 6.33. The van der Waals surface area contributed by atoms with Gasteiger partial charge in [-0.3, -0.25) is 9.59 Å². The minimum absolute atomic E-state index is 0.196. The van der Waals surface area contributed by atoms with Crippen LogP contribution in [0.2, 0.25) is 5.02 Å². The second-order valence-electron chi connectivity index (χ2n) is 5.35. The van der Waals surface area contributed by atoms with E-state index in [2.05, 4.69) is 10.1 Å². The van der Waals surface area contributed by atoms with Crippen molar-refractivity contribution in [1.82, 2.24) is 5.32 Å². The van der Waals surface area contributed by atoms with Gasteiger partial charge >= 0.3 is 12.1 Å². The Labute approximate surface area is 152 Å². The summed E-state index contributed by atoms with van der Waals surface area (Å²) >= 11 is 5.86. The molecular weight excluding hydrogens is 375 g/mol. The number of halogens is 4. The van der Waals surface area contributed by atoms with E-state index in [1.165, 1.54) is 25.1 Å². The lowest BCUT2D eigenvalue weighted by Crippen LogP contribution is -2.29. The summed E-state index contributed by atoms with van der Waals surface area (Å²) in [4.78, 5) is 23.6. The van der Waals surface area contributed by atoms with Gasteiger partial charge in [0.25, 0.3) is 12.0 Å². The van der Waals surface area contributed by atoms with Crippen molar-refractivity contribution in [2.24, 2.45) is 0 Å². The zero-order chi connectivity index (χ0) is 19.3. The first kappa shape index (κ1) is 19.8. The number of esters is 1. The van der Waals surface area contributed by atoms with E-state index in [1.54, 1.807) is 12.1 Å². The third-order valence-electron chi connectivity index (χ3n) is 3.30. The lowest BCUT2D eigenvalue weighted by Gasteiger charge is -2.18. The lowest BCUT2D eigenvalue weighted by molar-refractivity contribution is -0.228. The van der Waals surface area contributed by atoms with E-state index in [1.807, 2.05) is 0 Å². The number of rotatable bonds is 6. The summed E-state index contributed by atoms with van der Waals surface area (Å²) < 4.78 is 48.6. The van der Waals surface area contributed by atoms with Gasteiger partial charge < -0.3 is 14.5 Å². The van der Waals surface area contributed by atoms with Gasteiger partial charge in [-0.2, -0.15) is 13.2 Å². The maximum Gasteiger partial charge on any atom is 0.432 e. The Morgan fingerprint density at radius 3 is 2.50 bits per heavy atom. The van der Waals surface area contributed by atoms with Crippen LogP contribution < -0.4 is 5.32 Å². The molecule has 1 amide bonds. The van der Waals surface area contributed by atoms with Crippen LogP contribution in [0.15, 0.2) is 40.8 Å². The molecule has 0 radical (unpaired) electrons. The molecule has 0 bridgehead atoms. The predicted molar refractivity (Wildman–Crippen MR) is 86.7 cm³/mol. The monoisotopic (exact) mass is 389 g/mol. The Hall–Kier alpha value is -2.48. The Morgan fingerprint density at radius 2 is 1.92 bits per heavy atom. The van der Waals surface area contributed by atoms with E-state index >= 15 is 0 Å². The summed E-state index contributed by atoms with van der Waals surface area (Å²) in [7, 11) is 0. The minimum Gasteiger partial charge on any atom is -0.462 e. The molecule has 0 aliphatic carbocycles. The van der Waals surface area contributed by atoms with Crippen LogP contribution in [0.25, 0.3) is 0 Å². The maximum atomic E-state index is 13.1. The zero-order valence-corrected chi connectivity index (χ0v) is 14.4. The van der Waals surface area contributed by atoms with E-state index < -0.39 is 36.3 Å². The van der Waals surface area contributed by atoms with E-state index in [0.29, 0.717) is 0 Å². The molecule has 140 valence electrons. The molecule has 0 unspecified atom stereocenters. The summed E-state index contributed by atoms with van der Waals surface area (Å²) in [5.74, 6) is -1.92. The topological polar surface area (TPSA) is 68.5 Å². The Kier molecular flexibility index (Phi) is 6.31. The number of amides is 1. The van der Waals surface area contributed by atoms with Gasteiger partial charge in [-0.05, 0) is 31.2 Å². The predicted octanol–water partition coefficient (Wildman–Crippen LogP) is 4.21. The van der Waals surface area contributed by atoms with Crippen LogP contribution in [-0.2, 0) is 9.53 Å². The molecule has 2 aromatic rings. The van der Waals surface area contributed by atoms with Crippen LogP contribution in [0, 0.1) is 6.92 Å². The molecule has 0 saturated heterocycles. The fraction of sp³-hybridized carbons (Fsp3) is 0.294. The second-order valence-corrected chi connectivity index (χ2v) is 5.75. The molecule has 1 N–H and O–H groups in total. The highest BCUT2D eigenvalue weighted by Crippen LogP contribution is 2.36. The zero-order valence-electron chi connectivity index (χ0n) is 13.6. The normalized spacial score (nSPS) is 12.5. The van der Waals surface area contributed by atoms with Gasteiger partial charge in [-0.1, -0.05) is 23.7 Å². The average Bonchev–Trinajstić information content (AvgIpc) is 2.97. The van der Waals surface area contributed by atoms with Crippen molar-refractivity contribution >= 4 is 23.5 Å². The van der Waals surface area contributed by atoms with Crippen LogP contribution in [0.1, 0.15) is 34.4 Å².